The Balaban J connectivity index is 2.27. The van der Waals surface area contributed by atoms with E-state index in [0.29, 0.717) is 18.3 Å². The molecule has 6 heteroatoms. The molecule has 0 aliphatic heterocycles. The minimum absolute atomic E-state index is 0.110. The monoisotopic (exact) mass is 207 g/mol. The highest BCUT2D eigenvalue weighted by Crippen LogP contribution is 2.18. The van der Waals surface area contributed by atoms with E-state index in [1.165, 1.54) is 0 Å². The molecule has 0 fully saturated rings. The van der Waals surface area contributed by atoms with Gasteiger partial charge >= 0.3 is 0 Å². The van der Waals surface area contributed by atoms with Crippen molar-refractivity contribution in [1.29, 1.82) is 0 Å². The summed E-state index contributed by atoms with van der Waals surface area (Å²) < 4.78 is 6.80. The summed E-state index contributed by atoms with van der Waals surface area (Å²) in [5.41, 5.74) is 6.34. The number of aromatic nitrogens is 4. The first kappa shape index (κ1) is 9.85. The van der Waals surface area contributed by atoms with Gasteiger partial charge in [0, 0.05) is 25.7 Å². The number of nitrogens with zero attached hydrogens (tertiary/aromatic N) is 4. The molecular weight excluding hydrogens is 194 g/mol. The maximum Gasteiger partial charge on any atom is 0.261 e. The van der Waals surface area contributed by atoms with Crippen LogP contribution in [0, 0.1) is 0 Å². The lowest BCUT2D eigenvalue weighted by Gasteiger charge is -1.98. The van der Waals surface area contributed by atoms with E-state index in [9.17, 15) is 0 Å². The Morgan fingerprint density at radius 1 is 1.60 bits per heavy atom. The van der Waals surface area contributed by atoms with Crippen LogP contribution < -0.4 is 5.73 Å². The van der Waals surface area contributed by atoms with E-state index in [1.807, 2.05) is 20.2 Å². The molecule has 0 radical (unpaired) electrons. The van der Waals surface area contributed by atoms with E-state index in [2.05, 4.69) is 15.2 Å². The van der Waals surface area contributed by atoms with Gasteiger partial charge < -0.3 is 10.3 Å². The fraction of sp³-hybridized carbons (Fsp3) is 0.444. The molecule has 0 aliphatic rings. The van der Waals surface area contributed by atoms with Crippen LogP contribution in [0.25, 0.3) is 11.5 Å². The first-order valence-electron chi connectivity index (χ1n) is 4.73. The standard InChI is InChI=1S/C9H13N5O/c1-6(3-10)8-12-9(15-13-8)7-4-11-14(2)5-7/h4-6H,3,10H2,1-2H3. The zero-order valence-electron chi connectivity index (χ0n) is 8.71. The normalized spacial score (nSPS) is 13.0. The number of aryl methyl sites for hydroxylation is 1. The highest BCUT2D eigenvalue weighted by atomic mass is 16.5. The van der Waals surface area contributed by atoms with Crippen LogP contribution in [0.4, 0.5) is 0 Å². The van der Waals surface area contributed by atoms with Crippen molar-refractivity contribution in [3.05, 3.63) is 18.2 Å². The molecule has 80 valence electrons. The van der Waals surface area contributed by atoms with Crippen LogP contribution in [0.2, 0.25) is 0 Å². The number of hydrogen-bond acceptors (Lipinski definition) is 5. The van der Waals surface area contributed by atoms with Crippen molar-refractivity contribution < 1.29 is 4.52 Å². The van der Waals surface area contributed by atoms with Crippen molar-refractivity contribution in [2.75, 3.05) is 6.54 Å². The maximum absolute atomic E-state index is 5.52. The van der Waals surface area contributed by atoms with Crippen LogP contribution in [0.1, 0.15) is 18.7 Å². The topological polar surface area (TPSA) is 82.8 Å². The van der Waals surface area contributed by atoms with E-state index in [1.54, 1.807) is 10.9 Å². The Kier molecular flexibility index (Phi) is 2.51. The first-order chi connectivity index (χ1) is 7.20. The average molecular weight is 207 g/mol. The van der Waals surface area contributed by atoms with Crippen LogP contribution in [-0.2, 0) is 7.05 Å². The second-order valence-electron chi connectivity index (χ2n) is 3.50. The van der Waals surface area contributed by atoms with E-state index in [0.717, 1.165) is 5.56 Å². The SMILES string of the molecule is CC(CN)c1noc(-c2cnn(C)c2)n1. The lowest BCUT2D eigenvalue weighted by atomic mass is 10.2. The number of rotatable bonds is 3. The van der Waals surface area contributed by atoms with Crippen molar-refractivity contribution in [3.63, 3.8) is 0 Å². The molecule has 0 aliphatic carbocycles. The summed E-state index contributed by atoms with van der Waals surface area (Å²) in [6, 6.07) is 0. The van der Waals surface area contributed by atoms with Gasteiger partial charge in [-0.3, -0.25) is 4.68 Å². The first-order valence-corrected chi connectivity index (χ1v) is 4.73. The molecule has 6 nitrogen and oxygen atoms in total. The van der Waals surface area contributed by atoms with Crippen molar-refractivity contribution in [2.24, 2.45) is 12.8 Å². The summed E-state index contributed by atoms with van der Waals surface area (Å²) in [5.74, 6) is 1.23. The summed E-state index contributed by atoms with van der Waals surface area (Å²) in [6.45, 7) is 2.46. The van der Waals surface area contributed by atoms with E-state index >= 15 is 0 Å². The van der Waals surface area contributed by atoms with E-state index in [4.69, 9.17) is 10.3 Å². The molecule has 1 unspecified atom stereocenters. The van der Waals surface area contributed by atoms with E-state index < -0.39 is 0 Å². The van der Waals surface area contributed by atoms with Crippen molar-refractivity contribution in [1.82, 2.24) is 19.9 Å². The molecule has 0 amide bonds. The predicted molar refractivity (Wildman–Crippen MR) is 54.0 cm³/mol. The second-order valence-corrected chi connectivity index (χ2v) is 3.50. The molecule has 15 heavy (non-hydrogen) atoms. The highest BCUT2D eigenvalue weighted by molar-refractivity contribution is 5.49. The Hall–Kier alpha value is -1.69. The maximum atomic E-state index is 5.52. The highest BCUT2D eigenvalue weighted by Gasteiger charge is 2.14. The fourth-order valence-corrected chi connectivity index (χ4v) is 1.19. The zero-order chi connectivity index (χ0) is 10.8. The molecule has 0 saturated carbocycles. The summed E-state index contributed by atoms with van der Waals surface area (Å²) in [5, 5.41) is 7.90. The minimum atomic E-state index is 0.110. The summed E-state index contributed by atoms with van der Waals surface area (Å²) >= 11 is 0. The molecular formula is C9H13N5O. The Bertz CT molecular complexity index is 447. The Labute approximate surface area is 87.1 Å². The minimum Gasteiger partial charge on any atom is -0.334 e. The van der Waals surface area contributed by atoms with Crippen molar-refractivity contribution in [2.45, 2.75) is 12.8 Å². The van der Waals surface area contributed by atoms with Crippen molar-refractivity contribution >= 4 is 0 Å². The molecule has 0 bridgehead atoms. The van der Waals surface area contributed by atoms with E-state index in [-0.39, 0.29) is 5.92 Å². The molecule has 2 aromatic rings. The lowest BCUT2D eigenvalue weighted by Crippen LogP contribution is -2.10. The molecule has 0 spiro atoms. The third kappa shape index (κ3) is 1.89. The number of hydrogen-bond donors (Lipinski definition) is 1. The molecule has 1 atom stereocenters. The van der Waals surface area contributed by atoms with Gasteiger partial charge in [0.15, 0.2) is 5.82 Å². The molecule has 2 rings (SSSR count). The summed E-state index contributed by atoms with van der Waals surface area (Å²) in [4.78, 5) is 4.25. The van der Waals surface area contributed by atoms with Crippen LogP contribution in [0.15, 0.2) is 16.9 Å². The van der Waals surface area contributed by atoms with Gasteiger partial charge in [-0.05, 0) is 0 Å². The van der Waals surface area contributed by atoms with Gasteiger partial charge in [0.2, 0.25) is 0 Å². The molecule has 0 aromatic carbocycles. The Morgan fingerprint density at radius 2 is 2.40 bits per heavy atom. The largest absolute Gasteiger partial charge is 0.334 e. The van der Waals surface area contributed by atoms with Gasteiger partial charge in [0.05, 0.1) is 11.8 Å². The lowest BCUT2D eigenvalue weighted by molar-refractivity contribution is 0.418. The quantitative estimate of drug-likeness (QED) is 0.793. The summed E-state index contributed by atoms with van der Waals surface area (Å²) in [7, 11) is 1.84. The summed E-state index contributed by atoms with van der Waals surface area (Å²) in [6.07, 6.45) is 3.51. The van der Waals surface area contributed by atoms with Crippen LogP contribution in [0.5, 0.6) is 0 Å². The fourth-order valence-electron chi connectivity index (χ4n) is 1.19. The van der Waals surface area contributed by atoms with Crippen molar-refractivity contribution in [3.8, 4) is 11.5 Å². The molecule has 2 N–H and O–H groups in total. The van der Waals surface area contributed by atoms with Gasteiger partial charge in [-0.2, -0.15) is 10.1 Å². The average Bonchev–Trinajstić information content (AvgIpc) is 2.84. The molecule has 2 heterocycles. The molecule has 0 saturated heterocycles. The van der Waals surface area contributed by atoms with Crippen LogP contribution >= 0.6 is 0 Å². The van der Waals surface area contributed by atoms with Crippen LogP contribution in [-0.4, -0.2) is 26.5 Å². The smallest absolute Gasteiger partial charge is 0.261 e. The predicted octanol–water partition coefficient (Wildman–Crippen LogP) is 0.532. The third-order valence-electron chi connectivity index (χ3n) is 2.19. The zero-order valence-corrected chi connectivity index (χ0v) is 8.71. The number of nitrogens with two attached hydrogens (primary N) is 1. The van der Waals surface area contributed by atoms with Gasteiger partial charge in [0.1, 0.15) is 0 Å². The van der Waals surface area contributed by atoms with Crippen LogP contribution in [0.3, 0.4) is 0 Å². The third-order valence-corrected chi connectivity index (χ3v) is 2.19. The van der Waals surface area contributed by atoms with Gasteiger partial charge in [-0.1, -0.05) is 12.1 Å². The molecule has 2 aromatic heterocycles. The van der Waals surface area contributed by atoms with Gasteiger partial charge in [0.25, 0.3) is 5.89 Å². The van der Waals surface area contributed by atoms with Gasteiger partial charge in [-0.15, -0.1) is 0 Å². The second kappa shape index (κ2) is 3.82. The van der Waals surface area contributed by atoms with Gasteiger partial charge in [-0.25, -0.2) is 0 Å². The Morgan fingerprint density at radius 3 is 3.00 bits per heavy atom.